The van der Waals surface area contributed by atoms with E-state index in [2.05, 4.69) is 21.8 Å². The second-order valence-corrected chi connectivity index (χ2v) is 7.26. The van der Waals surface area contributed by atoms with Gasteiger partial charge in [-0.3, -0.25) is 9.97 Å². The Hall–Kier alpha value is -2.93. The molecule has 0 aliphatic carbocycles. The number of halogens is 1. The van der Waals surface area contributed by atoms with Crippen LogP contribution in [0.1, 0.15) is 35.6 Å². The molecule has 1 aliphatic heterocycles. The first-order valence-corrected chi connectivity index (χ1v) is 9.87. The lowest BCUT2D eigenvalue weighted by Crippen LogP contribution is -2.37. The van der Waals surface area contributed by atoms with Gasteiger partial charge < -0.3 is 9.64 Å². The highest BCUT2D eigenvalue weighted by atomic mass is 19.1. The fourth-order valence-electron chi connectivity index (χ4n) is 3.46. The Kier molecular flexibility index (Phi) is 6.05. The van der Waals surface area contributed by atoms with Crippen LogP contribution in [-0.2, 0) is 17.6 Å². The average molecular weight is 393 g/mol. The Morgan fingerprint density at radius 2 is 1.86 bits per heavy atom. The van der Waals surface area contributed by atoms with Gasteiger partial charge in [-0.05, 0) is 23.6 Å². The van der Waals surface area contributed by atoms with Crippen LogP contribution in [0.4, 0.5) is 10.2 Å². The third kappa shape index (κ3) is 5.12. The van der Waals surface area contributed by atoms with Crippen molar-refractivity contribution in [1.82, 2.24) is 19.9 Å². The van der Waals surface area contributed by atoms with E-state index in [0.29, 0.717) is 26.1 Å². The van der Waals surface area contributed by atoms with E-state index in [0.717, 1.165) is 41.7 Å². The molecule has 2 aromatic heterocycles. The molecule has 0 N–H and O–H groups in total. The Labute approximate surface area is 169 Å². The maximum atomic E-state index is 13.2. The standard InChI is InChI=1S/C22H24FN5O/c1-16(17-2-4-18(23)5-3-17)12-21-26-19(13-20-15-24-6-7-25-20)14-22(27-21)28-8-10-29-11-9-28/h2-7,14-16H,8-13H2,1H3/t16-/m1/s1. The van der Waals surface area contributed by atoms with Crippen LogP contribution in [0.5, 0.6) is 0 Å². The van der Waals surface area contributed by atoms with Gasteiger partial charge in [-0.25, -0.2) is 14.4 Å². The summed E-state index contributed by atoms with van der Waals surface area (Å²) in [7, 11) is 0. The smallest absolute Gasteiger partial charge is 0.132 e. The quantitative estimate of drug-likeness (QED) is 0.641. The van der Waals surface area contributed by atoms with E-state index in [-0.39, 0.29) is 11.7 Å². The van der Waals surface area contributed by atoms with Gasteiger partial charge in [-0.15, -0.1) is 0 Å². The van der Waals surface area contributed by atoms with E-state index in [1.165, 1.54) is 12.1 Å². The molecular formula is C22H24FN5O. The van der Waals surface area contributed by atoms with Gasteiger partial charge in [-0.2, -0.15) is 0 Å². The van der Waals surface area contributed by atoms with E-state index < -0.39 is 0 Å². The molecule has 0 saturated carbocycles. The summed E-state index contributed by atoms with van der Waals surface area (Å²) in [6.07, 6.45) is 6.40. The number of nitrogens with zero attached hydrogens (tertiary/aromatic N) is 5. The molecule has 0 radical (unpaired) electrons. The largest absolute Gasteiger partial charge is 0.378 e. The van der Waals surface area contributed by atoms with E-state index in [1.54, 1.807) is 18.6 Å². The fourth-order valence-corrected chi connectivity index (χ4v) is 3.46. The van der Waals surface area contributed by atoms with Crippen LogP contribution in [0.15, 0.2) is 48.9 Å². The molecule has 3 heterocycles. The minimum absolute atomic E-state index is 0.180. The van der Waals surface area contributed by atoms with Crippen LogP contribution >= 0.6 is 0 Å². The second kappa shape index (κ2) is 9.05. The summed E-state index contributed by atoms with van der Waals surface area (Å²) in [6.45, 7) is 5.14. The first-order valence-electron chi connectivity index (χ1n) is 9.87. The number of morpholine rings is 1. The summed E-state index contributed by atoms with van der Waals surface area (Å²) >= 11 is 0. The van der Waals surface area contributed by atoms with Gasteiger partial charge in [0.25, 0.3) is 0 Å². The predicted octanol–water partition coefficient (Wildman–Crippen LogP) is 3.18. The molecule has 7 heteroatoms. The third-order valence-corrected chi connectivity index (χ3v) is 5.05. The molecule has 1 saturated heterocycles. The van der Waals surface area contributed by atoms with E-state index >= 15 is 0 Å². The van der Waals surface area contributed by atoms with Crippen molar-refractivity contribution in [1.29, 1.82) is 0 Å². The molecule has 0 spiro atoms. The lowest BCUT2D eigenvalue weighted by molar-refractivity contribution is 0.122. The normalized spacial score (nSPS) is 15.3. The summed E-state index contributed by atoms with van der Waals surface area (Å²) < 4.78 is 18.7. The molecule has 0 unspecified atom stereocenters. The second-order valence-electron chi connectivity index (χ2n) is 7.26. The van der Waals surface area contributed by atoms with Crippen molar-refractivity contribution in [3.8, 4) is 0 Å². The number of hydrogen-bond acceptors (Lipinski definition) is 6. The molecule has 1 aromatic carbocycles. The molecule has 1 aliphatic rings. The van der Waals surface area contributed by atoms with E-state index in [9.17, 15) is 4.39 Å². The van der Waals surface area contributed by atoms with Gasteiger partial charge in [-0.1, -0.05) is 19.1 Å². The number of hydrogen-bond donors (Lipinski definition) is 0. The highest BCUT2D eigenvalue weighted by Gasteiger charge is 2.17. The summed E-state index contributed by atoms with van der Waals surface area (Å²) in [6, 6.07) is 8.68. The molecular weight excluding hydrogens is 369 g/mol. The number of ether oxygens (including phenoxy) is 1. The van der Waals surface area contributed by atoms with Crippen LogP contribution in [0.25, 0.3) is 0 Å². The number of rotatable bonds is 6. The molecule has 0 amide bonds. The number of anilines is 1. The van der Waals surface area contributed by atoms with Gasteiger partial charge in [0.1, 0.15) is 17.5 Å². The van der Waals surface area contributed by atoms with Gasteiger partial charge in [0.15, 0.2) is 0 Å². The predicted molar refractivity (Wildman–Crippen MR) is 108 cm³/mol. The molecule has 3 aromatic rings. The topological polar surface area (TPSA) is 64.0 Å². The van der Waals surface area contributed by atoms with E-state index in [1.807, 2.05) is 18.2 Å². The highest BCUT2D eigenvalue weighted by molar-refractivity contribution is 5.41. The SMILES string of the molecule is C[C@H](Cc1nc(Cc2cnccn2)cc(N2CCOCC2)n1)c1ccc(F)cc1. The van der Waals surface area contributed by atoms with Crippen molar-refractivity contribution in [2.24, 2.45) is 0 Å². The summed E-state index contributed by atoms with van der Waals surface area (Å²) in [5.74, 6) is 1.66. The van der Waals surface area contributed by atoms with Crippen molar-refractivity contribution < 1.29 is 9.13 Å². The van der Waals surface area contributed by atoms with Crippen LogP contribution in [0, 0.1) is 5.82 Å². The maximum Gasteiger partial charge on any atom is 0.132 e. The minimum atomic E-state index is -0.224. The Balaban J connectivity index is 1.60. The van der Waals surface area contributed by atoms with Crippen LogP contribution in [-0.4, -0.2) is 46.2 Å². The molecule has 1 atom stereocenters. The number of benzene rings is 1. The zero-order valence-electron chi connectivity index (χ0n) is 16.5. The highest BCUT2D eigenvalue weighted by Crippen LogP contribution is 2.22. The Morgan fingerprint density at radius 1 is 1.07 bits per heavy atom. The van der Waals surface area contributed by atoms with Gasteiger partial charge in [0.2, 0.25) is 0 Å². The maximum absolute atomic E-state index is 13.2. The Bertz CT molecular complexity index is 930. The lowest BCUT2D eigenvalue weighted by Gasteiger charge is -2.28. The zero-order valence-corrected chi connectivity index (χ0v) is 16.5. The first-order chi connectivity index (χ1) is 14.2. The zero-order chi connectivity index (χ0) is 20.1. The molecule has 150 valence electrons. The minimum Gasteiger partial charge on any atom is -0.378 e. The average Bonchev–Trinajstić information content (AvgIpc) is 2.75. The van der Waals surface area contributed by atoms with Crippen LogP contribution < -0.4 is 4.90 Å². The van der Waals surface area contributed by atoms with Crippen LogP contribution in [0.3, 0.4) is 0 Å². The van der Waals surface area contributed by atoms with Crippen molar-refractivity contribution in [3.05, 3.63) is 77.5 Å². The molecule has 6 nitrogen and oxygen atoms in total. The van der Waals surface area contributed by atoms with Crippen molar-refractivity contribution in [2.75, 3.05) is 31.2 Å². The van der Waals surface area contributed by atoms with Gasteiger partial charge in [0, 0.05) is 50.6 Å². The van der Waals surface area contributed by atoms with Crippen molar-refractivity contribution in [3.63, 3.8) is 0 Å². The van der Waals surface area contributed by atoms with Gasteiger partial charge >= 0.3 is 0 Å². The Morgan fingerprint density at radius 3 is 2.59 bits per heavy atom. The third-order valence-electron chi connectivity index (χ3n) is 5.05. The van der Waals surface area contributed by atoms with E-state index in [4.69, 9.17) is 14.7 Å². The molecule has 1 fully saturated rings. The summed E-state index contributed by atoms with van der Waals surface area (Å²) in [4.78, 5) is 20.4. The monoisotopic (exact) mass is 393 g/mol. The van der Waals surface area contributed by atoms with Crippen molar-refractivity contribution in [2.45, 2.75) is 25.7 Å². The fraction of sp³-hybridized carbons (Fsp3) is 0.364. The number of aromatic nitrogens is 4. The summed E-state index contributed by atoms with van der Waals surface area (Å²) in [5.41, 5.74) is 2.86. The lowest BCUT2D eigenvalue weighted by atomic mass is 9.97. The first kappa shape index (κ1) is 19.4. The van der Waals surface area contributed by atoms with Crippen LogP contribution in [0.2, 0.25) is 0 Å². The molecule has 0 bridgehead atoms. The molecule has 29 heavy (non-hydrogen) atoms. The van der Waals surface area contributed by atoms with Gasteiger partial charge in [0.05, 0.1) is 24.6 Å². The summed E-state index contributed by atoms with van der Waals surface area (Å²) in [5, 5.41) is 0. The molecule has 4 rings (SSSR count). The van der Waals surface area contributed by atoms with Crippen molar-refractivity contribution >= 4 is 5.82 Å².